The predicted molar refractivity (Wildman–Crippen MR) is 131 cm³/mol. The highest BCUT2D eigenvalue weighted by Crippen LogP contribution is 2.20. The summed E-state index contributed by atoms with van der Waals surface area (Å²) in [6, 6.07) is 7.14. The van der Waals surface area contributed by atoms with E-state index in [1.807, 2.05) is 11.0 Å². The molecule has 1 aromatic rings. The number of hydrogen-bond donors (Lipinski definition) is 2. The zero-order valence-electron chi connectivity index (χ0n) is 17.6. The molecule has 1 amide bonds. The van der Waals surface area contributed by atoms with Crippen molar-refractivity contribution in [1.29, 1.82) is 0 Å². The van der Waals surface area contributed by atoms with Gasteiger partial charge in [-0.2, -0.15) is 0 Å². The summed E-state index contributed by atoms with van der Waals surface area (Å²) in [5.41, 5.74) is 0. The zero-order valence-corrected chi connectivity index (χ0v) is 20.8. The van der Waals surface area contributed by atoms with Crippen molar-refractivity contribution in [3.8, 4) is 0 Å². The number of amides is 1. The highest BCUT2D eigenvalue weighted by molar-refractivity contribution is 14.0. The molecule has 29 heavy (non-hydrogen) atoms. The summed E-state index contributed by atoms with van der Waals surface area (Å²) in [5, 5.41) is 6.74. The summed E-state index contributed by atoms with van der Waals surface area (Å²) in [7, 11) is 1.76. The van der Waals surface area contributed by atoms with Crippen LogP contribution in [0.1, 0.15) is 39.5 Å². The number of likely N-dealkylation sites (tertiary alicyclic amines) is 1. The Balaban J connectivity index is 0.00000420. The molecular weight excluding hydrogens is 502 g/mol. The SMILES string of the molecule is CCC(CC)C(=O)N1CCC(NC(=NC)NCCSc2ccccc2F)CC1.I. The molecule has 1 heterocycles. The quantitative estimate of drug-likeness (QED) is 0.173. The number of hydrogen-bond acceptors (Lipinski definition) is 3. The number of benzene rings is 1. The standard InChI is InChI=1S/C21H33FN4OS.HI/c1-4-16(5-2)20(27)26-13-10-17(11-14-26)25-21(23-3)24-12-15-28-19-9-7-6-8-18(19)22;/h6-9,16-17H,4-5,10-15H2,1-3H3,(H2,23,24,25);1H. The summed E-state index contributed by atoms with van der Waals surface area (Å²) in [6.07, 6.45) is 3.68. The second-order valence-corrected chi connectivity index (χ2v) is 8.17. The largest absolute Gasteiger partial charge is 0.356 e. The molecule has 0 bridgehead atoms. The Kier molecular flexibility index (Phi) is 12.6. The Bertz CT molecular complexity index is 649. The van der Waals surface area contributed by atoms with E-state index < -0.39 is 0 Å². The number of aliphatic imine (C=N–C) groups is 1. The van der Waals surface area contributed by atoms with Gasteiger partial charge in [0.05, 0.1) is 0 Å². The van der Waals surface area contributed by atoms with E-state index in [-0.39, 0.29) is 35.7 Å². The first-order chi connectivity index (χ1) is 13.6. The molecule has 1 fully saturated rings. The number of piperidine rings is 1. The van der Waals surface area contributed by atoms with Crippen LogP contribution in [0.3, 0.4) is 0 Å². The van der Waals surface area contributed by atoms with Crippen molar-refractivity contribution in [2.75, 3.05) is 32.4 Å². The van der Waals surface area contributed by atoms with Crippen LogP contribution in [0, 0.1) is 11.7 Å². The number of carbonyl (C=O) groups excluding carboxylic acids is 1. The minimum absolute atomic E-state index is 0. The highest BCUT2D eigenvalue weighted by atomic mass is 127. The van der Waals surface area contributed by atoms with Gasteiger partial charge in [-0.05, 0) is 37.8 Å². The van der Waals surface area contributed by atoms with Crippen molar-refractivity contribution in [2.24, 2.45) is 10.9 Å². The van der Waals surface area contributed by atoms with Gasteiger partial charge in [-0.25, -0.2) is 4.39 Å². The lowest BCUT2D eigenvalue weighted by molar-refractivity contribution is -0.136. The van der Waals surface area contributed by atoms with E-state index in [1.54, 1.807) is 19.2 Å². The lowest BCUT2D eigenvalue weighted by Crippen LogP contribution is -2.50. The first kappa shape index (κ1) is 26.0. The smallest absolute Gasteiger partial charge is 0.225 e. The van der Waals surface area contributed by atoms with Gasteiger partial charge in [0.1, 0.15) is 5.82 Å². The van der Waals surface area contributed by atoms with E-state index in [1.165, 1.54) is 17.8 Å². The Hall–Kier alpha value is -1.03. The molecule has 5 nitrogen and oxygen atoms in total. The maximum absolute atomic E-state index is 13.6. The minimum atomic E-state index is -0.176. The van der Waals surface area contributed by atoms with Gasteiger partial charge < -0.3 is 15.5 Å². The average molecular weight is 536 g/mol. The third-order valence-corrected chi connectivity index (χ3v) is 6.24. The second kappa shape index (κ2) is 14.1. The molecule has 8 heteroatoms. The molecular formula is C21H34FIN4OS. The van der Waals surface area contributed by atoms with Gasteiger partial charge in [0.15, 0.2) is 5.96 Å². The van der Waals surface area contributed by atoms with Crippen molar-refractivity contribution in [1.82, 2.24) is 15.5 Å². The van der Waals surface area contributed by atoms with Crippen LogP contribution < -0.4 is 10.6 Å². The Morgan fingerprint density at radius 1 is 1.28 bits per heavy atom. The highest BCUT2D eigenvalue weighted by Gasteiger charge is 2.26. The van der Waals surface area contributed by atoms with Crippen molar-refractivity contribution in [3.63, 3.8) is 0 Å². The molecule has 0 aliphatic carbocycles. The number of thioether (sulfide) groups is 1. The molecule has 2 rings (SSSR count). The van der Waals surface area contributed by atoms with Gasteiger partial charge >= 0.3 is 0 Å². The average Bonchev–Trinajstić information content (AvgIpc) is 2.72. The molecule has 0 spiro atoms. The topological polar surface area (TPSA) is 56.7 Å². The molecule has 164 valence electrons. The molecule has 1 aliphatic heterocycles. The number of halogens is 2. The fourth-order valence-electron chi connectivity index (χ4n) is 3.42. The molecule has 1 aliphatic rings. The van der Waals surface area contributed by atoms with Crippen molar-refractivity contribution < 1.29 is 9.18 Å². The van der Waals surface area contributed by atoms with Crippen LogP contribution in [0.4, 0.5) is 4.39 Å². The van der Waals surface area contributed by atoms with Crippen LogP contribution in [0.2, 0.25) is 0 Å². The first-order valence-corrected chi connectivity index (χ1v) is 11.2. The number of carbonyl (C=O) groups is 1. The minimum Gasteiger partial charge on any atom is -0.356 e. The lowest BCUT2D eigenvalue weighted by atomic mass is 9.98. The summed E-state index contributed by atoms with van der Waals surface area (Å²) in [6.45, 7) is 6.46. The van der Waals surface area contributed by atoms with E-state index in [2.05, 4.69) is 29.5 Å². The molecule has 0 atom stereocenters. The maximum Gasteiger partial charge on any atom is 0.225 e. The number of rotatable bonds is 8. The fourth-order valence-corrected chi connectivity index (χ4v) is 4.23. The molecule has 1 saturated heterocycles. The molecule has 0 unspecified atom stereocenters. The van der Waals surface area contributed by atoms with Crippen LogP contribution in [0.15, 0.2) is 34.2 Å². The van der Waals surface area contributed by atoms with Gasteiger partial charge in [-0.1, -0.05) is 26.0 Å². The van der Waals surface area contributed by atoms with Crippen LogP contribution >= 0.6 is 35.7 Å². The van der Waals surface area contributed by atoms with Crippen LogP contribution in [0.5, 0.6) is 0 Å². The van der Waals surface area contributed by atoms with E-state index in [0.717, 1.165) is 50.5 Å². The lowest BCUT2D eigenvalue weighted by Gasteiger charge is -2.34. The maximum atomic E-state index is 13.6. The molecule has 0 aromatic heterocycles. The third kappa shape index (κ3) is 8.32. The Labute approximate surface area is 195 Å². The van der Waals surface area contributed by atoms with E-state index in [0.29, 0.717) is 23.4 Å². The Morgan fingerprint density at radius 3 is 2.52 bits per heavy atom. The van der Waals surface area contributed by atoms with Gasteiger partial charge in [0.2, 0.25) is 5.91 Å². The number of nitrogens with one attached hydrogen (secondary N) is 2. The summed E-state index contributed by atoms with van der Waals surface area (Å²) >= 11 is 1.49. The van der Waals surface area contributed by atoms with E-state index in [9.17, 15) is 9.18 Å². The summed E-state index contributed by atoms with van der Waals surface area (Å²) in [4.78, 5) is 19.5. The van der Waals surface area contributed by atoms with Crippen molar-refractivity contribution in [3.05, 3.63) is 30.1 Å². The van der Waals surface area contributed by atoms with Crippen LogP contribution in [0.25, 0.3) is 0 Å². The first-order valence-electron chi connectivity index (χ1n) is 10.2. The molecule has 1 aromatic carbocycles. The monoisotopic (exact) mass is 536 g/mol. The second-order valence-electron chi connectivity index (χ2n) is 7.04. The van der Waals surface area contributed by atoms with Crippen LogP contribution in [-0.4, -0.2) is 55.2 Å². The third-order valence-electron chi connectivity index (χ3n) is 5.19. The van der Waals surface area contributed by atoms with Crippen LogP contribution in [-0.2, 0) is 4.79 Å². The Morgan fingerprint density at radius 2 is 1.93 bits per heavy atom. The summed E-state index contributed by atoms with van der Waals surface area (Å²) < 4.78 is 13.6. The zero-order chi connectivity index (χ0) is 20.4. The van der Waals surface area contributed by atoms with Crippen molar-refractivity contribution in [2.45, 2.75) is 50.5 Å². The molecule has 2 N–H and O–H groups in total. The number of guanidine groups is 1. The predicted octanol–water partition coefficient (Wildman–Crippen LogP) is 4.13. The van der Waals surface area contributed by atoms with Gasteiger partial charge in [0.25, 0.3) is 0 Å². The fraction of sp³-hybridized carbons (Fsp3) is 0.619. The van der Waals surface area contributed by atoms with Crippen molar-refractivity contribution >= 4 is 47.6 Å². The van der Waals surface area contributed by atoms with E-state index in [4.69, 9.17) is 0 Å². The number of nitrogens with zero attached hydrogens (tertiary/aromatic N) is 2. The van der Waals surface area contributed by atoms with E-state index >= 15 is 0 Å². The van der Waals surface area contributed by atoms with Gasteiger partial charge in [-0.15, -0.1) is 35.7 Å². The van der Waals surface area contributed by atoms with Gasteiger partial charge in [0, 0.05) is 49.3 Å². The normalized spacial score (nSPS) is 15.2. The summed E-state index contributed by atoms with van der Waals surface area (Å²) in [5.74, 6) is 1.80. The van der Waals surface area contributed by atoms with Gasteiger partial charge in [-0.3, -0.25) is 9.79 Å². The molecule has 0 saturated carbocycles. The molecule has 0 radical (unpaired) electrons.